The Morgan fingerprint density at radius 1 is 1.04 bits per heavy atom. The number of aliphatic imine (C=N–C) groups is 1. The normalized spacial score (nSPS) is 21.6. The topological polar surface area (TPSA) is 51.2 Å². The van der Waals surface area contributed by atoms with Crippen LogP contribution in [0.1, 0.15) is 40.0 Å². The van der Waals surface area contributed by atoms with Gasteiger partial charge in [0.1, 0.15) is 0 Å². The first-order valence-electron chi connectivity index (χ1n) is 9.23. The molecule has 2 saturated heterocycles. The van der Waals surface area contributed by atoms with E-state index in [0.29, 0.717) is 5.91 Å². The van der Waals surface area contributed by atoms with Crippen LogP contribution >= 0.6 is 0 Å². The van der Waals surface area contributed by atoms with Crippen LogP contribution in [0, 0.1) is 0 Å². The summed E-state index contributed by atoms with van der Waals surface area (Å²) in [5.74, 6) is 1.33. The van der Waals surface area contributed by atoms with E-state index in [2.05, 4.69) is 40.9 Å². The molecule has 23 heavy (non-hydrogen) atoms. The van der Waals surface area contributed by atoms with Crippen molar-refractivity contribution in [3.05, 3.63) is 0 Å². The molecule has 0 spiro atoms. The number of piperazine rings is 1. The van der Waals surface area contributed by atoms with Crippen molar-refractivity contribution < 1.29 is 4.79 Å². The van der Waals surface area contributed by atoms with Crippen molar-refractivity contribution >= 4 is 11.9 Å². The van der Waals surface area contributed by atoms with E-state index in [4.69, 9.17) is 0 Å². The Hall–Kier alpha value is -1.30. The number of rotatable bonds is 5. The van der Waals surface area contributed by atoms with Crippen LogP contribution in [-0.2, 0) is 4.79 Å². The average molecular weight is 323 g/mol. The molecule has 132 valence electrons. The Bertz CT molecular complexity index is 398. The number of carbonyl (C=O) groups excluding carboxylic acids is 1. The molecule has 6 nitrogen and oxygen atoms in total. The lowest BCUT2D eigenvalue weighted by Crippen LogP contribution is -2.57. The molecule has 1 unspecified atom stereocenters. The molecule has 0 aromatic heterocycles. The van der Waals surface area contributed by atoms with Crippen LogP contribution in [0.5, 0.6) is 0 Å². The third kappa shape index (κ3) is 4.83. The molecular formula is C17H33N5O. The van der Waals surface area contributed by atoms with Crippen molar-refractivity contribution in [2.24, 2.45) is 4.99 Å². The zero-order valence-electron chi connectivity index (χ0n) is 15.1. The molecular weight excluding hydrogens is 290 g/mol. The highest BCUT2D eigenvalue weighted by molar-refractivity contribution is 5.82. The Morgan fingerprint density at radius 2 is 1.70 bits per heavy atom. The van der Waals surface area contributed by atoms with Gasteiger partial charge in [-0.25, -0.2) is 0 Å². The first kappa shape index (κ1) is 18.0. The summed E-state index contributed by atoms with van der Waals surface area (Å²) in [6.45, 7) is 13.7. The maximum Gasteiger partial charge on any atom is 0.239 e. The Kier molecular flexibility index (Phi) is 7.15. The van der Waals surface area contributed by atoms with E-state index in [9.17, 15) is 4.79 Å². The van der Waals surface area contributed by atoms with Crippen LogP contribution in [0.2, 0.25) is 0 Å². The van der Waals surface area contributed by atoms with E-state index in [1.54, 1.807) is 0 Å². The second kappa shape index (κ2) is 9.11. The van der Waals surface area contributed by atoms with Gasteiger partial charge in [0, 0.05) is 52.4 Å². The predicted molar refractivity (Wildman–Crippen MR) is 94.7 cm³/mol. The van der Waals surface area contributed by atoms with E-state index < -0.39 is 0 Å². The Balaban J connectivity index is 1.85. The van der Waals surface area contributed by atoms with Crippen LogP contribution in [0.25, 0.3) is 0 Å². The number of carbonyl (C=O) groups is 1. The maximum absolute atomic E-state index is 12.5. The zero-order chi connectivity index (χ0) is 16.7. The average Bonchev–Trinajstić information content (AvgIpc) is 3.12. The summed E-state index contributed by atoms with van der Waals surface area (Å²) in [4.78, 5) is 23.9. The summed E-state index contributed by atoms with van der Waals surface area (Å²) in [5, 5.41) is 3.38. The molecule has 2 fully saturated rings. The minimum absolute atomic E-state index is 0.00501. The number of nitrogens with zero attached hydrogens (tertiary/aromatic N) is 4. The molecule has 6 heteroatoms. The second-order valence-corrected chi connectivity index (χ2v) is 6.47. The Morgan fingerprint density at radius 3 is 2.26 bits per heavy atom. The maximum atomic E-state index is 12.5. The lowest BCUT2D eigenvalue weighted by molar-refractivity contribution is -0.135. The van der Waals surface area contributed by atoms with Gasteiger partial charge in [-0.1, -0.05) is 6.92 Å². The smallest absolute Gasteiger partial charge is 0.239 e. The minimum Gasteiger partial charge on any atom is -0.357 e. The van der Waals surface area contributed by atoms with Gasteiger partial charge < -0.3 is 15.1 Å². The molecule has 0 saturated carbocycles. The van der Waals surface area contributed by atoms with Gasteiger partial charge in [0.15, 0.2) is 5.96 Å². The quantitative estimate of drug-likeness (QED) is 0.605. The number of hydrogen-bond acceptors (Lipinski definition) is 3. The van der Waals surface area contributed by atoms with E-state index in [-0.39, 0.29) is 6.04 Å². The predicted octanol–water partition coefficient (Wildman–Crippen LogP) is 0.990. The first-order valence-corrected chi connectivity index (χ1v) is 9.23. The van der Waals surface area contributed by atoms with Gasteiger partial charge in [-0.05, 0) is 33.1 Å². The summed E-state index contributed by atoms with van der Waals surface area (Å²) in [5.41, 5.74) is 0. The molecule has 2 aliphatic heterocycles. The second-order valence-electron chi connectivity index (χ2n) is 6.47. The third-order valence-corrected chi connectivity index (χ3v) is 4.76. The summed E-state index contributed by atoms with van der Waals surface area (Å²) in [6.07, 6.45) is 3.38. The van der Waals surface area contributed by atoms with Crippen molar-refractivity contribution in [3.8, 4) is 0 Å². The number of hydrogen-bond donors (Lipinski definition) is 1. The number of amides is 1. The molecule has 0 aromatic rings. The molecule has 2 heterocycles. The molecule has 0 bridgehead atoms. The molecule has 0 aromatic carbocycles. The third-order valence-electron chi connectivity index (χ3n) is 4.76. The van der Waals surface area contributed by atoms with Crippen LogP contribution in [0.15, 0.2) is 4.99 Å². The summed E-state index contributed by atoms with van der Waals surface area (Å²) < 4.78 is 0. The van der Waals surface area contributed by atoms with Crippen LogP contribution in [0.4, 0.5) is 0 Å². The van der Waals surface area contributed by atoms with Gasteiger partial charge in [-0.3, -0.25) is 14.7 Å². The molecule has 0 aliphatic carbocycles. The van der Waals surface area contributed by atoms with Crippen molar-refractivity contribution in [1.29, 1.82) is 0 Å². The lowest BCUT2D eigenvalue weighted by atomic mass is 10.2. The van der Waals surface area contributed by atoms with Gasteiger partial charge in [0.2, 0.25) is 5.91 Å². The molecule has 0 radical (unpaired) electrons. The van der Waals surface area contributed by atoms with Gasteiger partial charge in [0.05, 0.1) is 6.04 Å². The zero-order valence-corrected chi connectivity index (χ0v) is 15.1. The fraction of sp³-hybridized carbons (Fsp3) is 0.882. The number of nitrogens with one attached hydrogen (secondary N) is 1. The molecule has 1 amide bonds. The Labute approximate surface area is 140 Å². The summed E-state index contributed by atoms with van der Waals surface area (Å²) >= 11 is 0. The van der Waals surface area contributed by atoms with Crippen molar-refractivity contribution in [1.82, 2.24) is 20.0 Å². The van der Waals surface area contributed by atoms with E-state index in [1.807, 2.05) is 4.90 Å². The number of likely N-dealkylation sites (tertiary alicyclic amines) is 1. The number of guanidine groups is 1. The van der Waals surface area contributed by atoms with Gasteiger partial charge in [0.25, 0.3) is 0 Å². The monoisotopic (exact) mass is 323 g/mol. The fourth-order valence-electron chi connectivity index (χ4n) is 3.32. The van der Waals surface area contributed by atoms with Crippen LogP contribution in [-0.4, -0.2) is 85.0 Å². The molecule has 1 atom stereocenters. The van der Waals surface area contributed by atoms with Crippen molar-refractivity contribution in [2.75, 3.05) is 52.4 Å². The molecule has 1 N–H and O–H groups in total. The molecule has 2 rings (SSSR count). The standard InChI is InChI=1S/C17H33N5O/c1-4-8-19-17(18-5-2)22-13-11-20(12-14-22)15(3)16(23)21-9-6-7-10-21/h15H,4-14H2,1-3H3,(H,18,19). The largest absolute Gasteiger partial charge is 0.357 e. The van der Waals surface area contributed by atoms with Crippen LogP contribution < -0.4 is 5.32 Å². The van der Waals surface area contributed by atoms with Gasteiger partial charge in [-0.2, -0.15) is 0 Å². The highest BCUT2D eigenvalue weighted by atomic mass is 16.2. The highest BCUT2D eigenvalue weighted by Gasteiger charge is 2.30. The van der Waals surface area contributed by atoms with Gasteiger partial charge >= 0.3 is 0 Å². The SMILES string of the molecule is CCCN=C(NCC)N1CCN(C(C)C(=O)N2CCCC2)CC1. The lowest BCUT2D eigenvalue weighted by Gasteiger charge is -2.39. The van der Waals surface area contributed by atoms with Gasteiger partial charge in [-0.15, -0.1) is 0 Å². The van der Waals surface area contributed by atoms with E-state index in [1.165, 1.54) is 0 Å². The van der Waals surface area contributed by atoms with E-state index in [0.717, 1.165) is 77.6 Å². The fourth-order valence-corrected chi connectivity index (χ4v) is 3.32. The van der Waals surface area contributed by atoms with Crippen molar-refractivity contribution in [2.45, 2.75) is 46.1 Å². The van der Waals surface area contributed by atoms with E-state index >= 15 is 0 Å². The highest BCUT2D eigenvalue weighted by Crippen LogP contribution is 2.14. The molecule has 2 aliphatic rings. The van der Waals surface area contributed by atoms with Crippen molar-refractivity contribution in [3.63, 3.8) is 0 Å². The summed E-state index contributed by atoms with van der Waals surface area (Å²) in [6, 6.07) is 0.00501. The minimum atomic E-state index is 0.00501. The van der Waals surface area contributed by atoms with Crippen LogP contribution in [0.3, 0.4) is 0 Å². The first-order chi connectivity index (χ1) is 11.2. The summed E-state index contributed by atoms with van der Waals surface area (Å²) in [7, 11) is 0.